The van der Waals surface area contributed by atoms with E-state index >= 15 is 0 Å². The van der Waals surface area contributed by atoms with Crippen LogP contribution in [0.25, 0.3) is 0 Å². The molecule has 1 saturated heterocycles. The molecule has 6 nitrogen and oxygen atoms in total. The van der Waals surface area contributed by atoms with E-state index < -0.39 is 6.04 Å². The summed E-state index contributed by atoms with van der Waals surface area (Å²) >= 11 is 0. The van der Waals surface area contributed by atoms with Gasteiger partial charge >= 0.3 is 0 Å². The Morgan fingerprint density at radius 3 is 2.45 bits per heavy atom. The minimum absolute atomic E-state index is 0. The predicted octanol–water partition coefficient (Wildman–Crippen LogP) is 0.147. The SMILES string of the molecule is CC(C)C[C@H](N)C(=O)NCCC(=O)N1CCOCC1.Cl. The number of carbonyl (C=O) groups excluding carboxylic acids is 2. The molecule has 118 valence electrons. The Balaban J connectivity index is 0.00000361. The number of hydrogen-bond acceptors (Lipinski definition) is 4. The van der Waals surface area contributed by atoms with E-state index in [2.05, 4.69) is 5.32 Å². The van der Waals surface area contributed by atoms with Crippen LogP contribution in [0.1, 0.15) is 26.7 Å². The highest BCUT2D eigenvalue weighted by Crippen LogP contribution is 2.03. The molecule has 0 unspecified atom stereocenters. The Hall–Kier alpha value is -0.850. The highest BCUT2D eigenvalue weighted by molar-refractivity contribution is 5.85. The molecule has 1 aliphatic heterocycles. The van der Waals surface area contributed by atoms with Gasteiger partial charge in [0.1, 0.15) is 0 Å². The molecule has 3 N–H and O–H groups in total. The van der Waals surface area contributed by atoms with Crippen LogP contribution in [-0.4, -0.2) is 55.6 Å². The van der Waals surface area contributed by atoms with Gasteiger partial charge in [0.25, 0.3) is 0 Å². The number of ether oxygens (including phenoxy) is 1. The number of morpholine rings is 1. The molecule has 0 aromatic heterocycles. The van der Waals surface area contributed by atoms with Gasteiger partial charge in [0.2, 0.25) is 11.8 Å². The van der Waals surface area contributed by atoms with E-state index in [1.807, 2.05) is 13.8 Å². The van der Waals surface area contributed by atoms with E-state index in [9.17, 15) is 9.59 Å². The van der Waals surface area contributed by atoms with Crippen molar-refractivity contribution in [1.29, 1.82) is 0 Å². The van der Waals surface area contributed by atoms with Crippen molar-refractivity contribution in [2.45, 2.75) is 32.7 Å². The minimum atomic E-state index is -0.488. The second kappa shape index (κ2) is 9.96. The maximum Gasteiger partial charge on any atom is 0.236 e. The number of halogens is 1. The molecule has 7 heteroatoms. The van der Waals surface area contributed by atoms with Crippen molar-refractivity contribution >= 4 is 24.2 Å². The minimum Gasteiger partial charge on any atom is -0.378 e. The smallest absolute Gasteiger partial charge is 0.236 e. The van der Waals surface area contributed by atoms with Crippen molar-refractivity contribution in [2.75, 3.05) is 32.8 Å². The lowest BCUT2D eigenvalue weighted by molar-refractivity contribution is -0.135. The fourth-order valence-corrected chi connectivity index (χ4v) is 2.01. The molecule has 1 rings (SSSR count). The first-order valence-corrected chi connectivity index (χ1v) is 6.89. The second-order valence-corrected chi connectivity index (χ2v) is 5.27. The normalized spacial score (nSPS) is 16.5. The first-order valence-electron chi connectivity index (χ1n) is 6.89. The van der Waals surface area contributed by atoms with Gasteiger partial charge in [-0.3, -0.25) is 9.59 Å². The van der Waals surface area contributed by atoms with Crippen LogP contribution in [0, 0.1) is 5.92 Å². The number of rotatable bonds is 6. The molecule has 20 heavy (non-hydrogen) atoms. The molecule has 1 aliphatic rings. The van der Waals surface area contributed by atoms with Crippen molar-refractivity contribution in [1.82, 2.24) is 10.2 Å². The largest absolute Gasteiger partial charge is 0.378 e. The van der Waals surface area contributed by atoms with Crippen molar-refractivity contribution in [3.05, 3.63) is 0 Å². The van der Waals surface area contributed by atoms with E-state index in [1.54, 1.807) is 4.90 Å². The van der Waals surface area contributed by atoms with E-state index in [1.165, 1.54) is 0 Å². The molecular weight excluding hydrogens is 282 g/mol. The van der Waals surface area contributed by atoms with Gasteiger partial charge in [-0.25, -0.2) is 0 Å². The molecular formula is C13H26ClN3O3. The summed E-state index contributed by atoms with van der Waals surface area (Å²) in [6, 6.07) is -0.488. The molecule has 0 radical (unpaired) electrons. The molecule has 2 amide bonds. The average Bonchev–Trinajstić information content (AvgIpc) is 2.38. The van der Waals surface area contributed by atoms with Crippen LogP contribution in [0.5, 0.6) is 0 Å². The third-order valence-electron chi connectivity index (χ3n) is 3.06. The summed E-state index contributed by atoms with van der Waals surface area (Å²) in [4.78, 5) is 25.2. The first-order chi connectivity index (χ1) is 9.00. The third-order valence-corrected chi connectivity index (χ3v) is 3.06. The van der Waals surface area contributed by atoms with Gasteiger partial charge < -0.3 is 20.7 Å². The molecule has 0 spiro atoms. The molecule has 0 bridgehead atoms. The van der Waals surface area contributed by atoms with Crippen LogP contribution in [-0.2, 0) is 14.3 Å². The zero-order valence-electron chi connectivity index (χ0n) is 12.3. The summed E-state index contributed by atoms with van der Waals surface area (Å²) < 4.78 is 5.18. The van der Waals surface area contributed by atoms with Crippen LogP contribution >= 0.6 is 12.4 Å². The van der Waals surface area contributed by atoms with E-state index in [0.717, 1.165) is 0 Å². The zero-order chi connectivity index (χ0) is 14.3. The Kier molecular flexibility index (Phi) is 9.54. The predicted molar refractivity (Wildman–Crippen MR) is 79.7 cm³/mol. The van der Waals surface area contributed by atoms with Crippen LogP contribution in [0.2, 0.25) is 0 Å². The van der Waals surface area contributed by atoms with Gasteiger partial charge in [0, 0.05) is 26.1 Å². The number of amides is 2. The van der Waals surface area contributed by atoms with Crippen molar-refractivity contribution < 1.29 is 14.3 Å². The van der Waals surface area contributed by atoms with Gasteiger partial charge in [-0.1, -0.05) is 13.8 Å². The van der Waals surface area contributed by atoms with E-state index in [4.69, 9.17) is 10.5 Å². The summed E-state index contributed by atoms with van der Waals surface area (Å²) in [7, 11) is 0. The maximum absolute atomic E-state index is 11.8. The van der Waals surface area contributed by atoms with Crippen molar-refractivity contribution in [3.63, 3.8) is 0 Å². The topological polar surface area (TPSA) is 84.7 Å². The van der Waals surface area contributed by atoms with Gasteiger partial charge in [-0.05, 0) is 12.3 Å². The number of hydrogen-bond donors (Lipinski definition) is 2. The van der Waals surface area contributed by atoms with Gasteiger partial charge in [0.15, 0.2) is 0 Å². The molecule has 0 saturated carbocycles. The van der Waals surface area contributed by atoms with Gasteiger partial charge in [-0.15, -0.1) is 12.4 Å². The highest BCUT2D eigenvalue weighted by atomic mass is 35.5. The highest BCUT2D eigenvalue weighted by Gasteiger charge is 2.18. The molecule has 1 heterocycles. The maximum atomic E-state index is 11.8. The standard InChI is InChI=1S/C13H25N3O3.ClH/c1-10(2)9-11(14)13(18)15-4-3-12(17)16-5-7-19-8-6-16;/h10-11H,3-9,14H2,1-2H3,(H,15,18);1H/t11-;/m0./s1. The summed E-state index contributed by atoms with van der Waals surface area (Å²) in [5.41, 5.74) is 5.75. The second-order valence-electron chi connectivity index (χ2n) is 5.27. The number of nitrogens with two attached hydrogens (primary N) is 1. The first kappa shape index (κ1) is 19.1. The Morgan fingerprint density at radius 1 is 1.30 bits per heavy atom. The summed E-state index contributed by atoms with van der Waals surface area (Å²) in [6.45, 7) is 6.86. The third kappa shape index (κ3) is 7.07. The molecule has 0 aromatic rings. The Labute approximate surface area is 126 Å². The molecule has 1 fully saturated rings. The lowest BCUT2D eigenvalue weighted by Gasteiger charge is -2.27. The van der Waals surface area contributed by atoms with Crippen LogP contribution in [0.15, 0.2) is 0 Å². The summed E-state index contributed by atoms with van der Waals surface area (Å²) in [5, 5.41) is 2.72. The summed E-state index contributed by atoms with van der Waals surface area (Å²) in [6.07, 6.45) is 0.976. The molecule has 0 aromatic carbocycles. The van der Waals surface area contributed by atoms with Crippen LogP contribution < -0.4 is 11.1 Å². The monoisotopic (exact) mass is 307 g/mol. The molecule has 0 aliphatic carbocycles. The van der Waals surface area contributed by atoms with Crippen LogP contribution in [0.4, 0.5) is 0 Å². The lowest BCUT2D eigenvalue weighted by Crippen LogP contribution is -2.44. The lowest BCUT2D eigenvalue weighted by atomic mass is 10.0. The Bertz CT molecular complexity index is 307. The van der Waals surface area contributed by atoms with E-state index in [-0.39, 0.29) is 24.2 Å². The van der Waals surface area contributed by atoms with Gasteiger partial charge in [0.05, 0.1) is 19.3 Å². The van der Waals surface area contributed by atoms with Gasteiger partial charge in [-0.2, -0.15) is 0 Å². The van der Waals surface area contributed by atoms with Crippen molar-refractivity contribution in [2.24, 2.45) is 11.7 Å². The van der Waals surface area contributed by atoms with Crippen molar-refractivity contribution in [3.8, 4) is 0 Å². The van der Waals surface area contributed by atoms with E-state index in [0.29, 0.717) is 51.6 Å². The van der Waals surface area contributed by atoms with Crippen LogP contribution in [0.3, 0.4) is 0 Å². The number of carbonyl (C=O) groups is 2. The average molecular weight is 308 g/mol. The number of nitrogens with zero attached hydrogens (tertiary/aromatic N) is 1. The molecule has 1 atom stereocenters. The quantitative estimate of drug-likeness (QED) is 0.731. The Morgan fingerprint density at radius 2 is 1.90 bits per heavy atom. The number of nitrogens with one attached hydrogen (secondary N) is 1. The fourth-order valence-electron chi connectivity index (χ4n) is 2.01. The zero-order valence-corrected chi connectivity index (χ0v) is 13.1. The summed E-state index contributed by atoms with van der Waals surface area (Å²) in [5.74, 6) is 0.264. The fraction of sp³-hybridized carbons (Fsp3) is 0.846.